The molecule has 3 aromatic carbocycles. The molecule has 0 aliphatic carbocycles. The first-order chi connectivity index (χ1) is 14.1. The number of hydrogen-bond acceptors (Lipinski definition) is 4. The van der Waals surface area contributed by atoms with Crippen molar-refractivity contribution in [2.75, 3.05) is 6.61 Å². The quantitative estimate of drug-likeness (QED) is 0.509. The number of halogens is 1. The highest BCUT2D eigenvalue weighted by molar-refractivity contribution is 9.10. The fourth-order valence-electron chi connectivity index (χ4n) is 3.41. The predicted octanol–water partition coefficient (Wildman–Crippen LogP) is 5.76. The molecule has 144 valence electrons. The molecule has 29 heavy (non-hydrogen) atoms. The number of ketones is 1. The van der Waals surface area contributed by atoms with E-state index in [-0.39, 0.29) is 11.9 Å². The van der Waals surface area contributed by atoms with E-state index in [9.17, 15) is 4.79 Å². The van der Waals surface area contributed by atoms with Gasteiger partial charge in [0, 0.05) is 16.5 Å². The largest absolute Gasteiger partial charge is 0.492 e. The molecule has 0 fully saturated rings. The lowest BCUT2D eigenvalue weighted by molar-refractivity contribution is 0.0932. The molecular weight excluding hydrogens is 430 g/mol. The average Bonchev–Trinajstić information content (AvgIpc) is 2.75. The molecule has 5 heteroatoms. The Labute approximate surface area is 177 Å². The summed E-state index contributed by atoms with van der Waals surface area (Å²) >= 11 is 3.47. The van der Waals surface area contributed by atoms with Crippen molar-refractivity contribution < 1.29 is 14.3 Å². The third-order valence-corrected chi connectivity index (χ3v) is 5.52. The summed E-state index contributed by atoms with van der Waals surface area (Å²) in [6, 6.07) is 21.1. The molecule has 0 N–H and O–H groups in total. The maximum absolute atomic E-state index is 12.2. The van der Waals surface area contributed by atoms with Crippen LogP contribution in [0.25, 0.3) is 0 Å². The Morgan fingerprint density at radius 2 is 1.69 bits per heavy atom. The molecule has 0 amide bonds. The fraction of sp³-hybridized carbons (Fsp3) is 0.167. The Kier molecular flexibility index (Phi) is 5.37. The van der Waals surface area contributed by atoms with Gasteiger partial charge in [0.05, 0.1) is 23.8 Å². The van der Waals surface area contributed by atoms with Crippen molar-refractivity contribution in [2.24, 2.45) is 0 Å². The van der Waals surface area contributed by atoms with Gasteiger partial charge in [-0.25, -0.2) is 0 Å². The van der Waals surface area contributed by atoms with Gasteiger partial charge >= 0.3 is 0 Å². The standard InChI is InChI=1S/C24H18BrNO3/c1-15-22(11-10-20-21(27)12-13-28-23(15)20)29-24(18-6-8-19(25)9-7-18)17-4-2-16(14-26)3-5-17/h2-11,24H,12-13H2,1H3/t24-/m1/s1. The summed E-state index contributed by atoms with van der Waals surface area (Å²) in [5.41, 5.74) is 3.93. The molecule has 0 saturated heterocycles. The Morgan fingerprint density at radius 1 is 1.03 bits per heavy atom. The van der Waals surface area contributed by atoms with Crippen LogP contribution in [0.2, 0.25) is 0 Å². The van der Waals surface area contributed by atoms with Crippen LogP contribution in [0.4, 0.5) is 0 Å². The maximum Gasteiger partial charge on any atom is 0.170 e. The lowest BCUT2D eigenvalue weighted by atomic mass is 9.99. The zero-order valence-electron chi connectivity index (χ0n) is 15.8. The van der Waals surface area contributed by atoms with Gasteiger partial charge < -0.3 is 9.47 Å². The molecule has 4 rings (SSSR count). The number of carbonyl (C=O) groups is 1. The van der Waals surface area contributed by atoms with E-state index in [0.717, 1.165) is 21.2 Å². The van der Waals surface area contributed by atoms with Crippen LogP contribution in [0, 0.1) is 18.3 Å². The highest BCUT2D eigenvalue weighted by atomic mass is 79.9. The fourth-order valence-corrected chi connectivity index (χ4v) is 3.68. The van der Waals surface area contributed by atoms with Gasteiger partial charge in [0.1, 0.15) is 17.6 Å². The Morgan fingerprint density at radius 3 is 2.34 bits per heavy atom. The second-order valence-corrected chi connectivity index (χ2v) is 7.79. The number of hydrogen-bond donors (Lipinski definition) is 0. The Hall–Kier alpha value is -3.10. The molecule has 1 aliphatic heterocycles. The number of nitriles is 1. The summed E-state index contributed by atoms with van der Waals surface area (Å²) in [7, 11) is 0. The molecule has 0 aromatic heterocycles. The van der Waals surface area contributed by atoms with E-state index in [4.69, 9.17) is 14.7 Å². The molecule has 0 bridgehead atoms. The van der Waals surface area contributed by atoms with Crippen molar-refractivity contribution >= 4 is 21.7 Å². The van der Waals surface area contributed by atoms with Crippen LogP contribution < -0.4 is 9.47 Å². The molecular formula is C24H18BrNO3. The molecule has 1 atom stereocenters. The first-order valence-corrected chi connectivity index (χ1v) is 10.1. The van der Waals surface area contributed by atoms with E-state index in [2.05, 4.69) is 22.0 Å². The van der Waals surface area contributed by atoms with Crippen molar-refractivity contribution in [3.8, 4) is 17.6 Å². The van der Waals surface area contributed by atoms with E-state index < -0.39 is 0 Å². The SMILES string of the molecule is Cc1c(O[C@@H](c2ccc(Br)cc2)c2ccc(C#N)cc2)ccc2c1OCCC2=O. The minimum Gasteiger partial charge on any atom is -0.492 e. The molecule has 1 aliphatic rings. The van der Waals surface area contributed by atoms with Crippen LogP contribution in [0.3, 0.4) is 0 Å². The molecule has 0 saturated carbocycles. The number of ether oxygens (including phenoxy) is 2. The molecule has 1 heterocycles. The lowest BCUT2D eigenvalue weighted by Crippen LogP contribution is -2.17. The number of rotatable bonds is 4. The highest BCUT2D eigenvalue weighted by Gasteiger charge is 2.24. The second-order valence-electron chi connectivity index (χ2n) is 6.87. The number of fused-ring (bicyclic) bond motifs is 1. The first-order valence-electron chi connectivity index (χ1n) is 9.28. The summed E-state index contributed by atoms with van der Waals surface area (Å²) in [6.45, 7) is 2.30. The third-order valence-electron chi connectivity index (χ3n) is 4.99. The van der Waals surface area contributed by atoms with Crippen molar-refractivity contribution in [1.29, 1.82) is 5.26 Å². The number of carbonyl (C=O) groups excluding carboxylic acids is 1. The minimum atomic E-state index is -0.369. The van der Waals surface area contributed by atoms with Crippen molar-refractivity contribution in [2.45, 2.75) is 19.4 Å². The van der Waals surface area contributed by atoms with E-state index >= 15 is 0 Å². The maximum atomic E-state index is 12.2. The van der Waals surface area contributed by atoms with Gasteiger partial charge in [-0.3, -0.25) is 4.79 Å². The number of Topliss-reactive ketones (excluding diaryl/α,β-unsaturated/α-hetero) is 1. The Bertz CT molecular complexity index is 1100. The van der Waals surface area contributed by atoms with E-state index in [1.54, 1.807) is 18.2 Å². The van der Waals surface area contributed by atoms with E-state index in [1.807, 2.05) is 49.4 Å². The zero-order valence-corrected chi connectivity index (χ0v) is 17.4. The minimum absolute atomic E-state index is 0.0949. The van der Waals surface area contributed by atoms with Gasteiger partial charge in [-0.15, -0.1) is 0 Å². The van der Waals surface area contributed by atoms with Crippen molar-refractivity contribution in [1.82, 2.24) is 0 Å². The third kappa shape index (κ3) is 3.90. The Balaban J connectivity index is 1.75. The predicted molar refractivity (Wildman–Crippen MR) is 113 cm³/mol. The summed E-state index contributed by atoms with van der Waals surface area (Å²) in [5.74, 6) is 1.36. The highest BCUT2D eigenvalue weighted by Crippen LogP contribution is 2.38. The van der Waals surface area contributed by atoms with Crippen LogP contribution in [0.1, 0.15) is 45.1 Å². The molecule has 0 spiro atoms. The van der Waals surface area contributed by atoms with Crippen molar-refractivity contribution in [3.05, 3.63) is 93.0 Å². The molecule has 0 unspecified atom stereocenters. The number of nitrogens with zero attached hydrogens (tertiary/aromatic N) is 1. The van der Waals surface area contributed by atoms with E-state index in [1.165, 1.54) is 0 Å². The normalized spacial score (nSPS) is 13.8. The molecule has 0 radical (unpaired) electrons. The van der Waals surface area contributed by atoms with Crippen LogP contribution in [-0.2, 0) is 0 Å². The monoisotopic (exact) mass is 447 g/mol. The van der Waals surface area contributed by atoms with Crippen LogP contribution in [0.15, 0.2) is 65.1 Å². The first kappa shape index (κ1) is 19.2. The van der Waals surface area contributed by atoms with Crippen LogP contribution in [0.5, 0.6) is 11.5 Å². The number of benzene rings is 3. The van der Waals surface area contributed by atoms with Gasteiger partial charge in [-0.2, -0.15) is 5.26 Å². The summed E-state index contributed by atoms with van der Waals surface area (Å²) in [4.78, 5) is 12.2. The summed E-state index contributed by atoms with van der Waals surface area (Å²) < 4.78 is 13.2. The smallest absolute Gasteiger partial charge is 0.170 e. The van der Waals surface area contributed by atoms with Crippen LogP contribution in [-0.4, -0.2) is 12.4 Å². The van der Waals surface area contributed by atoms with E-state index in [0.29, 0.717) is 35.7 Å². The molecule has 3 aromatic rings. The van der Waals surface area contributed by atoms with Gasteiger partial charge in [0.25, 0.3) is 0 Å². The second kappa shape index (κ2) is 8.10. The topological polar surface area (TPSA) is 59.3 Å². The van der Waals surface area contributed by atoms with Gasteiger partial charge in [-0.05, 0) is 54.4 Å². The summed E-state index contributed by atoms with van der Waals surface area (Å²) in [5, 5.41) is 9.09. The van der Waals surface area contributed by atoms with Gasteiger partial charge in [-0.1, -0.05) is 40.2 Å². The van der Waals surface area contributed by atoms with Gasteiger partial charge in [0.2, 0.25) is 0 Å². The molecule has 4 nitrogen and oxygen atoms in total. The zero-order chi connectivity index (χ0) is 20.4. The van der Waals surface area contributed by atoms with Crippen molar-refractivity contribution in [3.63, 3.8) is 0 Å². The average molecular weight is 448 g/mol. The van der Waals surface area contributed by atoms with Crippen LogP contribution >= 0.6 is 15.9 Å². The lowest BCUT2D eigenvalue weighted by Gasteiger charge is -2.24. The summed E-state index contributed by atoms with van der Waals surface area (Å²) in [6.07, 6.45) is 0.0336. The van der Waals surface area contributed by atoms with Gasteiger partial charge in [0.15, 0.2) is 5.78 Å².